The van der Waals surface area contributed by atoms with Crippen molar-refractivity contribution in [2.24, 2.45) is 0 Å². The molecule has 1 aliphatic heterocycles. The average molecular weight is 316 g/mol. The van der Waals surface area contributed by atoms with Crippen molar-refractivity contribution in [2.45, 2.75) is 32.2 Å². The van der Waals surface area contributed by atoms with Crippen LogP contribution < -0.4 is 5.32 Å². The SMILES string of the molecule is Cc1ccc(CC(=O)NC2CCCN(S(C)(=O)=O)C2)s1. The molecule has 1 atom stereocenters. The Morgan fingerprint density at radius 1 is 1.50 bits per heavy atom. The molecule has 5 nitrogen and oxygen atoms in total. The number of hydrogen-bond acceptors (Lipinski definition) is 4. The first-order valence-electron chi connectivity index (χ1n) is 6.64. The standard InChI is InChI=1S/C13H20N2O3S2/c1-10-5-6-12(19-10)8-13(16)14-11-4-3-7-15(9-11)20(2,17)18/h5-6,11H,3-4,7-9H2,1-2H3,(H,14,16). The predicted octanol–water partition coefficient (Wildman–Crippen LogP) is 1.14. The Bertz CT molecular complexity index is 580. The fraction of sp³-hybridized carbons (Fsp3) is 0.615. The van der Waals surface area contributed by atoms with Gasteiger partial charge in [-0.25, -0.2) is 12.7 Å². The zero-order chi connectivity index (χ0) is 14.8. The molecule has 0 bridgehead atoms. The third kappa shape index (κ3) is 4.29. The molecule has 1 aliphatic rings. The number of rotatable bonds is 4. The monoisotopic (exact) mass is 316 g/mol. The van der Waals surface area contributed by atoms with Crippen molar-refractivity contribution in [1.29, 1.82) is 0 Å². The molecular formula is C13H20N2O3S2. The predicted molar refractivity (Wildman–Crippen MR) is 80.3 cm³/mol. The van der Waals surface area contributed by atoms with Gasteiger partial charge in [-0.05, 0) is 31.9 Å². The minimum absolute atomic E-state index is 0.0350. The number of nitrogens with one attached hydrogen (secondary N) is 1. The fourth-order valence-electron chi connectivity index (χ4n) is 2.38. The second-order valence-electron chi connectivity index (χ2n) is 5.22. The largest absolute Gasteiger partial charge is 0.352 e. The van der Waals surface area contributed by atoms with Crippen LogP contribution in [0, 0.1) is 6.92 Å². The van der Waals surface area contributed by atoms with Crippen LogP contribution in [0.3, 0.4) is 0 Å². The summed E-state index contributed by atoms with van der Waals surface area (Å²) in [4.78, 5) is 14.2. The molecule has 2 heterocycles. The van der Waals surface area contributed by atoms with Gasteiger partial charge in [-0.3, -0.25) is 4.79 Å². The summed E-state index contributed by atoms with van der Waals surface area (Å²) in [5.41, 5.74) is 0. The molecule has 1 fully saturated rings. The highest BCUT2D eigenvalue weighted by Crippen LogP contribution is 2.16. The molecule has 0 saturated carbocycles. The quantitative estimate of drug-likeness (QED) is 0.906. The number of carbonyl (C=O) groups is 1. The van der Waals surface area contributed by atoms with E-state index in [1.165, 1.54) is 15.4 Å². The van der Waals surface area contributed by atoms with E-state index in [4.69, 9.17) is 0 Å². The van der Waals surface area contributed by atoms with Crippen LogP contribution in [0.1, 0.15) is 22.6 Å². The molecule has 1 aromatic heterocycles. The van der Waals surface area contributed by atoms with Crippen molar-refractivity contribution in [2.75, 3.05) is 19.3 Å². The molecule has 0 spiro atoms. The number of carbonyl (C=O) groups excluding carboxylic acids is 1. The Balaban J connectivity index is 1.88. The van der Waals surface area contributed by atoms with Gasteiger partial charge in [0.1, 0.15) is 0 Å². The number of nitrogens with zero attached hydrogens (tertiary/aromatic N) is 1. The summed E-state index contributed by atoms with van der Waals surface area (Å²) in [5, 5.41) is 2.94. The van der Waals surface area contributed by atoms with Crippen LogP contribution in [0.2, 0.25) is 0 Å². The summed E-state index contributed by atoms with van der Waals surface area (Å²) in [6.07, 6.45) is 3.21. The normalized spacial score (nSPS) is 20.8. The number of hydrogen-bond donors (Lipinski definition) is 1. The zero-order valence-electron chi connectivity index (χ0n) is 11.8. The van der Waals surface area contributed by atoms with E-state index in [-0.39, 0.29) is 11.9 Å². The molecule has 1 aromatic rings. The fourth-order valence-corrected chi connectivity index (χ4v) is 4.18. The topological polar surface area (TPSA) is 66.5 Å². The summed E-state index contributed by atoms with van der Waals surface area (Å²) in [7, 11) is -3.17. The third-order valence-corrected chi connectivity index (χ3v) is 5.62. The van der Waals surface area contributed by atoms with Crippen molar-refractivity contribution in [3.63, 3.8) is 0 Å². The van der Waals surface area contributed by atoms with Gasteiger partial charge in [0.2, 0.25) is 15.9 Å². The molecule has 7 heteroatoms. The number of piperidine rings is 1. The van der Waals surface area contributed by atoms with E-state index in [9.17, 15) is 13.2 Å². The number of amides is 1. The van der Waals surface area contributed by atoms with Gasteiger partial charge in [0.15, 0.2) is 0 Å². The molecule has 112 valence electrons. The number of thiophene rings is 1. The van der Waals surface area contributed by atoms with Crippen LogP contribution in [0.15, 0.2) is 12.1 Å². The molecule has 0 aromatic carbocycles. The molecule has 1 N–H and O–H groups in total. The van der Waals surface area contributed by atoms with Gasteiger partial charge in [0.05, 0.1) is 12.7 Å². The Hall–Kier alpha value is -0.920. The summed E-state index contributed by atoms with van der Waals surface area (Å²) in [5.74, 6) is -0.0350. The minimum Gasteiger partial charge on any atom is -0.352 e. The van der Waals surface area contributed by atoms with Gasteiger partial charge in [-0.15, -0.1) is 11.3 Å². The summed E-state index contributed by atoms with van der Waals surface area (Å²) < 4.78 is 24.5. The third-order valence-electron chi connectivity index (χ3n) is 3.35. The molecule has 1 saturated heterocycles. The molecule has 1 amide bonds. The van der Waals surface area contributed by atoms with Crippen LogP contribution in [0.5, 0.6) is 0 Å². The summed E-state index contributed by atoms with van der Waals surface area (Å²) in [6.45, 7) is 2.94. The first-order valence-corrected chi connectivity index (χ1v) is 9.31. The van der Waals surface area contributed by atoms with E-state index in [2.05, 4.69) is 5.32 Å². The van der Waals surface area contributed by atoms with Crippen molar-refractivity contribution >= 4 is 27.3 Å². The maximum Gasteiger partial charge on any atom is 0.225 e. The van der Waals surface area contributed by atoms with Crippen LogP contribution in [0.4, 0.5) is 0 Å². The Labute approximate surface area is 124 Å². The van der Waals surface area contributed by atoms with Crippen molar-refractivity contribution in [1.82, 2.24) is 9.62 Å². The zero-order valence-corrected chi connectivity index (χ0v) is 13.4. The van der Waals surface area contributed by atoms with Crippen LogP contribution in [0.25, 0.3) is 0 Å². The van der Waals surface area contributed by atoms with E-state index in [0.29, 0.717) is 19.5 Å². The Kier molecular flexibility index (Phi) is 4.82. The van der Waals surface area contributed by atoms with E-state index >= 15 is 0 Å². The molecular weight excluding hydrogens is 296 g/mol. The lowest BCUT2D eigenvalue weighted by atomic mass is 10.1. The first-order chi connectivity index (χ1) is 9.34. The Morgan fingerprint density at radius 2 is 2.25 bits per heavy atom. The summed E-state index contributed by atoms with van der Waals surface area (Å²) >= 11 is 1.62. The van der Waals surface area contributed by atoms with Crippen LogP contribution in [-0.2, 0) is 21.2 Å². The van der Waals surface area contributed by atoms with Crippen LogP contribution in [-0.4, -0.2) is 44.0 Å². The maximum absolute atomic E-state index is 12.0. The highest BCUT2D eigenvalue weighted by molar-refractivity contribution is 7.88. The number of sulfonamides is 1. The number of aryl methyl sites for hydroxylation is 1. The molecule has 20 heavy (non-hydrogen) atoms. The molecule has 0 radical (unpaired) electrons. The van der Waals surface area contributed by atoms with Crippen molar-refractivity contribution in [3.8, 4) is 0 Å². The summed E-state index contributed by atoms with van der Waals surface area (Å²) in [6, 6.07) is 3.88. The van der Waals surface area contributed by atoms with Gasteiger partial charge in [0, 0.05) is 28.9 Å². The smallest absolute Gasteiger partial charge is 0.225 e. The second-order valence-corrected chi connectivity index (χ2v) is 8.57. The molecule has 1 unspecified atom stereocenters. The van der Waals surface area contributed by atoms with Gasteiger partial charge in [-0.1, -0.05) is 0 Å². The lowest BCUT2D eigenvalue weighted by Gasteiger charge is -2.31. The minimum atomic E-state index is -3.17. The molecule has 0 aliphatic carbocycles. The van der Waals surface area contributed by atoms with Gasteiger partial charge in [-0.2, -0.15) is 0 Å². The Morgan fingerprint density at radius 3 is 2.85 bits per heavy atom. The highest BCUT2D eigenvalue weighted by atomic mass is 32.2. The highest BCUT2D eigenvalue weighted by Gasteiger charge is 2.26. The van der Waals surface area contributed by atoms with Gasteiger partial charge in [0.25, 0.3) is 0 Å². The maximum atomic E-state index is 12.0. The van der Waals surface area contributed by atoms with Gasteiger partial charge < -0.3 is 5.32 Å². The van der Waals surface area contributed by atoms with E-state index in [1.807, 2.05) is 19.1 Å². The first kappa shape index (κ1) is 15.5. The second kappa shape index (κ2) is 6.24. The van der Waals surface area contributed by atoms with E-state index < -0.39 is 10.0 Å². The van der Waals surface area contributed by atoms with Crippen LogP contribution >= 0.6 is 11.3 Å². The van der Waals surface area contributed by atoms with Gasteiger partial charge >= 0.3 is 0 Å². The average Bonchev–Trinajstić information content (AvgIpc) is 2.73. The lowest BCUT2D eigenvalue weighted by molar-refractivity contribution is -0.121. The van der Waals surface area contributed by atoms with E-state index in [0.717, 1.165) is 17.7 Å². The van der Waals surface area contributed by atoms with Crippen molar-refractivity contribution < 1.29 is 13.2 Å². The lowest BCUT2D eigenvalue weighted by Crippen LogP contribution is -2.49. The van der Waals surface area contributed by atoms with Crippen molar-refractivity contribution in [3.05, 3.63) is 21.9 Å². The van der Waals surface area contributed by atoms with E-state index in [1.54, 1.807) is 11.3 Å². The molecule has 2 rings (SSSR count).